The van der Waals surface area contributed by atoms with Crippen molar-refractivity contribution in [3.63, 3.8) is 0 Å². The molecule has 4 atom stereocenters. The molecule has 0 fully saturated rings. The summed E-state index contributed by atoms with van der Waals surface area (Å²) in [5.74, 6) is -2.66. The van der Waals surface area contributed by atoms with Gasteiger partial charge in [-0.2, -0.15) is 11.8 Å². The molecule has 0 heterocycles. The lowest BCUT2D eigenvalue weighted by Gasteiger charge is -2.25. The molecule has 1 rings (SSSR count). The number of ketones is 1. The molecule has 1 aromatic rings. The van der Waals surface area contributed by atoms with Crippen LogP contribution in [-0.4, -0.2) is 95.5 Å². The third-order valence-electron chi connectivity index (χ3n) is 10.3. The second kappa shape index (κ2) is 33.5. The van der Waals surface area contributed by atoms with E-state index in [4.69, 9.17) is 16.9 Å². The summed E-state index contributed by atoms with van der Waals surface area (Å²) in [5, 5.41) is 30.9. The fraction of sp³-hybridized carbons (Fsp3) is 0.705. The van der Waals surface area contributed by atoms with Crippen LogP contribution in [0.4, 0.5) is 0 Å². The van der Waals surface area contributed by atoms with Crippen molar-refractivity contribution in [2.24, 2.45) is 11.5 Å². The molecule has 0 unspecified atom stereocenters. The number of amidine groups is 1. The first-order valence-electron chi connectivity index (χ1n) is 22.1. The lowest BCUT2D eigenvalue weighted by Crippen LogP contribution is -2.57. The number of amides is 5. The molecular weight excluding hydrogens is 785 g/mol. The summed E-state index contributed by atoms with van der Waals surface area (Å²) in [6.07, 6.45) is 19.7. The third-order valence-corrected chi connectivity index (χ3v) is 11.0. The van der Waals surface area contributed by atoms with E-state index in [0.29, 0.717) is 50.0 Å². The molecule has 0 saturated carbocycles. The van der Waals surface area contributed by atoms with Gasteiger partial charge in [0.05, 0.1) is 18.4 Å². The van der Waals surface area contributed by atoms with E-state index in [1.54, 1.807) is 12.1 Å². The van der Waals surface area contributed by atoms with Crippen LogP contribution in [0.1, 0.15) is 148 Å². The van der Waals surface area contributed by atoms with Gasteiger partial charge >= 0.3 is 0 Å². The van der Waals surface area contributed by atoms with Crippen LogP contribution >= 0.6 is 11.8 Å². The Labute approximate surface area is 362 Å². The molecule has 0 spiro atoms. The van der Waals surface area contributed by atoms with Gasteiger partial charge in [-0.05, 0) is 81.7 Å². The van der Waals surface area contributed by atoms with Gasteiger partial charge in [-0.15, -0.1) is 0 Å². The van der Waals surface area contributed by atoms with Crippen LogP contribution in [0.15, 0.2) is 24.3 Å². The molecule has 0 aliphatic carbocycles. The summed E-state index contributed by atoms with van der Waals surface area (Å²) in [6, 6.07) is 1.96. The highest BCUT2D eigenvalue weighted by molar-refractivity contribution is 7.98. The number of carbonyl (C=O) groups is 6. The number of Topliss-reactive ketones (excluding diaryl/α,β-unsaturated/α-hetero) is 1. The number of rotatable bonds is 36. The minimum Gasteiger partial charge on any atom is -0.508 e. The number of phenolic OH excluding ortho intramolecular Hbond substituents is 1. The molecule has 0 saturated heterocycles. The largest absolute Gasteiger partial charge is 0.508 e. The van der Waals surface area contributed by atoms with Crippen LogP contribution in [-0.2, 0) is 35.2 Å². The normalized spacial score (nSPS) is 13.0. The molecule has 5 amide bonds. The molecule has 0 aliphatic rings. The van der Waals surface area contributed by atoms with Crippen LogP contribution < -0.4 is 38.1 Å². The number of hydrogen-bond donors (Lipinski definition) is 9. The minimum absolute atomic E-state index is 0.00594. The number of phenols is 1. The Morgan fingerprint density at radius 1 is 0.650 bits per heavy atom. The molecule has 0 bridgehead atoms. The van der Waals surface area contributed by atoms with Gasteiger partial charge in [-0.3, -0.25) is 34.2 Å². The van der Waals surface area contributed by atoms with E-state index in [9.17, 15) is 33.9 Å². The van der Waals surface area contributed by atoms with Gasteiger partial charge in [-0.25, -0.2) is 0 Å². The molecule has 16 heteroatoms. The monoisotopic (exact) mass is 861 g/mol. The molecule has 0 aromatic heterocycles. The van der Waals surface area contributed by atoms with E-state index in [2.05, 4.69) is 33.5 Å². The van der Waals surface area contributed by atoms with Crippen molar-refractivity contribution in [3.8, 4) is 5.75 Å². The zero-order valence-electron chi connectivity index (χ0n) is 36.5. The Kier molecular flexibility index (Phi) is 30.1. The van der Waals surface area contributed by atoms with Gasteiger partial charge in [0.2, 0.25) is 29.5 Å². The average molecular weight is 861 g/mol. The van der Waals surface area contributed by atoms with Gasteiger partial charge in [0, 0.05) is 19.3 Å². The molecule has 0 radical (unpaired) electrons. The van der Waals surface area contributed by atoms with E-state index in [-0.39, 0.29) is 42.5 Å². The first-order valence-corrected chi connectivity index (χ1v) is 23.5. The molecule has 11 N–H and O–H groups in total. The standard InChI is InChI=1S/C44H76N8O7S/c1-4-5-6-7-8-9-10-11-12-13-14-15-16-20-40(55)49-37(27-29-60-3)42(57)48-31-41(56)50-38(30-33-21-23-34(54)24-22-33)44(59)52-36(25-26-39(46)47)43(58)51-35(32(2)53)19-17-18-28-45/h21-24,35-38,54H,4-20,25-31,45H2,1-3H3,(H3,46,47)(H,48,57)(H,49,55)(H,50,56)(H,51,58)(H,52,59)/t35-,36-,37-,38-/m0/s1. The third kappa shape index (κ3) is 26.1. The Bertz CT molecular complexity index is 1430. The Morgan fingerprint density at radius 3 is 1.73 bits per heavy atom. The van der Waals surface area contributed by atoms with Gasteiger partial charge in [0.25, 0.3) is 0 Å². The van der Waals surface area contributed by atoms with Crippen LogP contribution in [0, 0.1) is 5.41 Å². The summed E-state index contributed by atoms with van der Waals surface area (Å²) in [7, 11) is 0. The van der Waals surface area contributed by atoms with Gasteiger partial charge < -0.3 is 43.2 Å². The fourth-order valence-electron chi connectivity index (χ4n) is 6.67. The highest BCUT2D eigenvalue weighted by Crippen LogP contribution is 2.15. The van der Waals surface area contributed by atoms with Crippen molar-refractivity contribution >= 4 is 52.9 Å². The second-order valence-electron chi connectivity index (χ2n) is 15.7. The molecule has 340 valence electrons. The first kappa shape index (κ1) is 53.8. The van der Waals surface area contributed by atoms with Crippen LogP contribution in [0.3, 0.4) is 0 Å². The Balaban J connectivity index is 2.85. The molecule has 15 nitrogen and oxygen atoms in total. The molecule has 60 heavy (non-hydrogen) atoms. The quantitative estimate of drug-likeness (QED) is 0.0256. The van der Waals surface area contributed by atoms with E-state index < -0.39 is 54.3 Å². The SMILES string of the molecule is CCCCCCCCCCCCCCCC(=O)N[C@@H](CCSC)C(=O)NCC(=O)N[C@@H](Cc1ccc(O)cc1)C(=O)N[C@@H](CCC(=N)N)C(=O)N[C@@H](CCCCN)C(C)=O. The molecular formula is C44H76N8O7S. The number of unbranched alkanes of at least 4 members (excludes halogenated alkanes) is 13. The second-order valence-corrected chi connectivity index (χ2v) is 16.7. The lowest BCUT2D eigenvalue weighted by molar-refractivity contribution is -0.133. The van der Waals surface area contributed by atoms with Gasteiger partial charge in [0.1, 0.15) is 23.9 Å². The number of benzene rings is 1. The molecule has 0 aliphatic heterocycles. The highest BCUT2D eigenvalue weighted by atomic mass is 32.2. The Morgan fingerprint density at radius 2 is 1.18 bits per heavy atom. The minimum atomic E-state index is -1.23. The number of nitrogens with one attached hydrogen (secondary N) is 6. The molecule has 1 aromatic carbocycles. The predicted octanol–water partition coefficient (Wildman–Crippen LogP) is 4.66. The predicted molar refractivity (Wildman–Crippen MR) is 241 cm³/mol. The summed E-state index contributed by atoms with van der Waals surface area (Å²) < 4.78 is 0. The number of thioether (sulfide) groups is 1. The van der Waals surface area contributed by atoms with Gasteiger partial charge in [0.15, 0.2) is 5.78 Å². The van der Waals surface area contributed by atoms with Crippen molar-refractivity contribution < 1.29 is 33.9 Å². The van der Waals surface area contributed by atoms with Crippen molar-refractivity contribution in [1.82, 2.24) is 26.6 Å². The number of hydrogen-bond acceptors (Lipinski definition) is 10. The zero-order valence-corrected chi connectivity index (χ0v) is 37.4. The van der Waals surface area contributed by atoms with Crippen molar-refractivity contribution in [1.29, 1.82) is 5.41 Å². The van der Waals surface area contributed by atoms with Gasteiger partial charge in [-0.1, -0.05) is 96.1 Å². The zero-order chi connectivity index (χ0) is 44.5. The van der Waals surface area contributed by atoms with Crippen LogP contribution in [0.5, 0.6) is 5.75 Å². The number of aromatic hydroxyl groups is 1. The average Bonchev–Trinajstić information content (AvgIpc) is 3.21. The van der Waals surface area contributed by atoms with Crippen LogP contribution in [0.25, 0.3) is 0 Å². The number of nitrogens with two attached hydrogens (primary N) is 2. The summed E-state index contributed by atoms with van der Waals surface area (Å²) >= 11 is 1.53. The van der Waals surface area contributed by atoms with Crippen molar-refractivity contribution in [2.75, 3.05) is 25.1 Å². The van der Waals surface area contributed by atoms with Crippen molar-refractivity contribution in [3.05, 3.63) is 29.8 Å². The number of carbonyl (C=O) groups excluding carboxylic acids is 6. The fourth-order valence-corrected chi connectivity index (χ4v) is 7.14. The summed E-state index contributed by atoms with van der Waals surface area (Å²) in [5.41, 5.74) is 11.7. The summed E-state index contributed by atoms with van der Waals surface area (Å²) in [6.45, 7) is 3.54. The maximum Gasteiger partial charge on any atom is 0.243 e. The topological polar surface area (TPSA) is 259 Å². The summed E-state index contributed by atoms with van der Waals surface area (Å²) in [4.78, 5) is 79.0. The van der Waals surface area contributed by atoms with E-state index in [1.165, 1.54) is 88.6 Å². The maximum atomic E-state index is 13.8. The van der Waals surface area contributed by atoms with E-state index in [1.807, 2.05) is 6.26 Å². The van der Waals surface area contributed by atoms with E-state index in [0.717, 1.165) is 25.7 Å². The van der Waals surface area contributed by atoms with Crippen molar-refractivity contribution in [2.45, 2.75) is 173 Å². The highest BCUT2D eigenvalue weighted by Gasteiger charge is 2.30. The van der Waals surface area contributed by atoms with Crippen LogP contribution in [0.2, 0.25) is 0 Å². The lowest BCUT2D eigenvalue weighted by atomic mass is 10.0. The first-order chi connectivity index (χ1) is 28.8. The Hall–Kier alpha value is -4.18. The van der Waals surface area contributed by atoms with E-state index >= 15 is 0 Å². The smallest absolute Gasteiger partial charge is 0.243 e. The maximum absolute atomic E-state index is 13.8.